The predicted molar refractivity (Wildman–Crippen MR) is 162 cm³/mol. The van der Waals surface area contributed by atoms with Crippen molar-refractivity contribution in [2.45, 2.75) is 128 Å². The summed E-state index contributed by atoms with van der Waals surface area (Å²) in [6.07, 6.45) is 12.1. The third-order valence-corrected chi connectivity index (χ3v) is 9.63. The number of methoxy groups -OCH3 is 1. The molecular weight excluding hydrogens is 520 g/mol. The zero-order valence-electron chi connectivity index (χ0n) is 26.6. The van der Waals surface area contributed by atoms with Crippen LogP contribution in [0.4, 0.5) is 0 Å². The summed E-state index contributed by atoms with van der Waals surface area (Å²) < 4.78 is 17.9. The molecule has 0 radical (unpaired) electrons. The van der Waals surface area contributed by atoms with E-state index in [4.69, 9.17) is 14.2 Å². The molecule has 3 aliphatic rings. The van der Waals surface area contributed by atoms with Gasteiger partial charge in [-0.15, -0.1) is 0 Å². The van der Waals surface area contributed by atoms with Gasteiger partial charge in [0.15, 0.2) is 0 Å². The minimum absolute atomic E-state index is 0.0845. The number of cyclic esters (lactones) is 1. The molecule has 4 N–H and O–H groups in total. The fraction of sp³-hybridized carbons (Fsp3) is 0.788. The van der Waals surface area contributed by atoms with E-state index in [0.29, 0.717) is 18.8 Å². The Bertz CT molecular complexity index is 944. The maximum absolute atomic E-state index is 12.8. The van der Waals surface area contributed by atoms with Crippen LogP contribution in [-0.2, 0) is 19.0 Å². The van der Waals surface area contributed by atoms with Crippen LogP contribution in [0, 0.1) is 17.8 Å². The van der Waals surface area contributed by atoms with Gasteiger partial charge in [-0.2, -0.15) is 0 Å². The molecule has 3 aliphatic heterocycles. The number of allylic oxidation sites excluding steroid dienone is 2. The Balaban J connectivity index is 1.79. The van der Waals surface area contributed by atoms with Crippen molar-refractivity contribution in [2.75, 3.05) is 20.2 Å². The Morgan fingerprint density at radius 3 is 2.68 bits per heavy atom. The van der Waals surface area contributed by atoms with Crippen molar-refractivity contribution in [3.8, 4) is 0 Å². The maximum Gasteiger partial charge on any atom is 0.309 e. The fourth-order valence-electron chi connectivity index (χ4n) is 6.37. The Morgan fingerprint density at radius 1 is 1.27 bits per heavy atom. The number of hydrogen-bond donors (Lipinski definition) is 4. The van der Waals surface area contributed by atoms with Crippen LogP contribution in [-0.4, -0.2) is 84.1 Å². The van der Waals surface area contributed by atoms with Crippen LogP contribution in [0.3, 0.4) is 0 Å². The van der Waals surface area contributed by atoms with Gasteiger partial charge in [-0.1, -0.05) is 58.1 Å². The van der Waals surface area contributed by atoms with Crippen molar-refractivity contribution in [3.05, 3.63) is 36.0 Å². The molecule has 8 heteroatoms. The quantitative estimate of drug-likeness (QED) is 0.148. The highest BCUT2D eigenvalue weighted by Gasteiger charge is 2.54. The van der Waals surface area contributed by atoms with Crippen LogP contribution in [0.1, 0.15) is 80.6 Å². The van der Waals surface area contributed by atoms with E-state index in [1.54, 1.807) is 14.0 Å². The standard InChI is InChI=1S/C33H56N2O6/c1-9-26(39-8)24(5)29-30(41-29)31-32(6,35-19-11-18-34-31)16-10-12-21(2)28-22(3)13-14-23(4)33(7,38)17-15-25(36)20-27(37)40-28/h10,12-14,16,22-26,28-31,34-36,38H,9,11,15,17-20H2,1-8H3. The SMILES string of the molecule is CCC(OC)C(C)C1OC1C1NCCCNC1(C)C=CC=C(C)C1OC(=O)CC(O)CCC(C)(O)C(C)C=CC1C. The summed E-state index contributed by atoms with van der Waals surface area (Å²) in [6.45, 7) is 16.2. The summed E-state index contributed by atoms with van der Waals surface area (Å²) in [6, 6.07) is 0.105. The molecule has 0 aromatic carbocycles. The van der Waals surface area contributed by atoms with Gasteiger partial charge in [-0.3, -0.25) is 4.79 Å². The maximum atomic E-state index is 12.8. The van der Waals surface area contributed by atoms with Crippen molar-refractivity contribution in [1.29, 1.82) is 0 Å². The van der Waals surface area contributed by atoms with E-state index in [1.807, 2.05) is 39.0 Å². The van der Waals surface area contributed by atoms with Gasteiger partial charge in [0.05, 0.1) is 41.9 Å². The molecular formula is C33H56N2O6. The number of hydrogen-bond acceptors (Lipinski definition) is 8. The lowest BCUT2D eigenvalue weighted by Gasteiger charge is -2.34. The van der Waals surface area contributed by atoms with Crippen molar-refractivity contribution in [2.24, 2.45) is 17.8 Å². The zero-order chi connectivity index (χ0) is 30.4. The molecule has 11 atom stereocenters. The second-order valence-electron chi connectivity index (χ2n) is 13.1. The van der Waals surface area contributed by atoms with Gasteiger partial charge in [0.25, 0.3) is 0 Å². The Kier molecular flexibility index (Phi) is 12.2. The topological polar surface area (TPSA) is 113 Å². The van der Waals surface area contributed by atoms with E-state index in [0.717, 1.165) is 31.5 Å². The molecule has 0 aliphatic carbocycles. The molecule has 0 spiro atoms. The van der Waals surface area contributed by atoms with E-state index in [-0.39, 0.29) is 48.1 Å². The molecule has 0 bridgehead atoms. The molecule has 0 amide bonds. The number of ether oxygens (including phenoxy) is 3. The lowest BCUT2D eigenvalue weighted by molar-refractivity contribution is -0.151. The molecule has 11 unspecified atom stereocenters. The second-order valence-corrected chi connectivity index (χ2v) is 13.1. The van der Waals surface area contributed by atoms with Gasteiger partial charge >= 0.3 is 5.97 Å². The number of rotatable bonds is 8. The Labute approximate surface area is 248 Å². The number of carbonyl (C=O) groups is 1. The van der Waals surface area contributed by atoms with Crippen LogP contribution in [0.25, 0.3) is 0 Å². The van der Waals surface area contributed by atoms with E-state index >= 15 is 0 Å². The van der Waals surface area contributed by atoms with Crippen molar-refractivity contribution in [1.82, 2.24) is 10.6 Å². The minimum atomic E-state index is -0.960. The van der Waals surface area contributed by atoms with E-state index < -0.39 is 23.8 Å². The van der Waals surface area contributed by atoms with Crippen LogP contribution in [0.5, 0.6) is 0 Å². The molecule has 234 valence electrons. The zero-order valence-corrected chi connectivity index (χ0v) is 26.6. The number of aliphatic hydroxyl groups excluding tert-OH is 1. The van der Waals surface area contributed by atoms with Crippen molar-refractivity contribution >= 4 is 5.97 Å². The van der Waals surface area contributed by atoms with Gasteiger partial charge < -0.3 is 35.1 Å². The lowest BCUT2D eigenvalue weighted by atomic mass is 9.83. The average Bonchev–Trinajstić information content (AvgIpc) is 3.73. The first-order chi connectivity index (χ1) is 19.3. The number of nitrogens with one attached hydrogen (secondary N) is 2. The Hall–Kier alpha value is -1.55. The average molecular weight is 577 g/mol. The highest BCUT2D eigenvalue weighted by Crippen LogP contribution is 2.39. The summed E-state index contributed by atoms with van der Waals surface area (Å²) in [5.74, 6) is -0.322. The van der Waals surface area contributed by atoms with Crippen LogP contribution in [0.2, 0.25) is 0 Å². The van der Waals surface area contributed by atoms with Crippen molar-refractivity contribution in [3.63, 3.8) is 0 Å². The van der Waals surface area contributed by atoms with Gasteiger partial charge in [0.1, 0.15) is 12.2 Å². The van der Waals surface area contributed by atoms with E-state index in [9.17, 15) is 15.0 Å². The first kappa shape index (κ1) is 33.9. The molecule has 41 heavy (non-hydrogen) atoms. The molecule has 2 fully saturated rings. The molecule has 3 heterocycles. The van der Waals surface area contributed by atoms with Crippen LogP contribution < -0.4 is 10.6 Å². The van der Waals surface area contributed by atoms with Gasteiger partial charge in [-0.25, -0.2) is 0 Å². The molecule has 8 nitrogen and oxygen atoms in total. The molecule has 0 saturated carbocycles. The van der Waals surface area contributed by atoms with E-state index in [1.165, 1.54) is 0 Å². The normalized spacial score (nSPS) is 41.2. The highest BCUT2D eigenvalue weighted by molar-refractivity contribution is 5.70. The fourth-order valence-corrected chi connectivity index (χ4v) is 6.37. The summed E-state index contributed by atoms with van der Waals surface area (Å²) in [7, 11) is 1.78. The third-order valence-electron chi connectivity index (χ3n) is 9.63. The second kappa shape index (κ2) is 14.8. The molecule has 0 aromatic heterocycles. The molecule has 0 aromatic rings. The monoisotopic (exact) mass is 576 g/mol. The van der Waals surface area contributed by atoms with Gasteiger partial charge in [0.2, 0.25) is 0 Å². The minimum Gasteiger partial charge on any atom is -0.457 e. The lowest BCUT2D eigenvalue weighted by Crippen LogP contribution is -2.58. The van der Waals surface area contributed by atoms with Crippen LogP contribution >= 0.6 is 0 Å². The summed E-state index contributed by atoms with van der Waals surface area (Å²) in [5.41, 5.74) is -0.376. The largest absolute Gasteiger partial charge is 0.457 e. The summed E-state index contributed by atoms with van der Waals surface area (Å²) in [4.78, 5) is 12.8. The number of carbonyl (C=O) groups excluding carboxylic acids is 1. The number of epoxide rings is 1. The van der Waals surface area contributed by atoms with Gasteiger partial charge in [0, 0.05) is 24.9 Å². The van der Waals surface area contributed by atoms with Crippen LogP contribution in [0.15, 0.2) is 36.0 Å². The summed E-state index contributed by atoms with van der Waals surface area (Å²) >= 11 is 0. The first-order valence-corrected chi connectivity index (χ1v) is 15.6. The van der Waals surface area contributed by atoms with Gasteiger partial charge in [-0.05, 0) is 65.1 Å². The smallest absolute Gasteiger partial charge is 0.309 e. The number of esters is 1. The molecule has 3 rings (SSSR count). The van der Waals surface area contributed by atoms with Crippen molar-refractivity contribution < 1.29 is 29.2 Å². The Morgan fingerprint density at radius 2 is 2.00 bits per heavy atom. The predicted octanol–water partition coefficient (Wildman–Crippen LogP) is 4.06. The van der Waals surface area contributed by atoms with E-state index in [2.05, 4.69) is 43.6 Å². The highest BCUT2D eigenvalue weighted by atomic mass is 16.6. The first-order valence-electron chi connectivity index (χ1n) is 15.6. The molecule has 2 saturated heterocycles. The third kappa shape index (κ3) is 8.97. The summed E-state index contributed by atoms with van der Waals surface area (Å²) in [5, 5.41) is 28.8. The number of aliphatic hydroxyl groups is 2.